The van der Waals surface area contributed by atoms with E-state index in [0.29, 0.717) is 22.6 Å². The number of nitrogens with one attached hydrogen (secondary N) is 2. The first-order chi connectivity index (χ1) is 15.8. The summed E-state index contributed by atoms with van der Waals surface area (Å²) < 4.78 is 35.1. The first kappa shape index (κ1) is 23.5. The summed E-state index contributed by atoms with van der Waals surface area (Å²) in [5.41, 5.74) is 3.93. The molecular formula is C23H21N3O6S. The van der Waals surface area contributed by atoms with Crippen molar-refractivity contribution >= 4 is 33.8 Å². The van der Waals surface area contributed by atoms with Crippen molar-refractivity contribution in [2.45, 2.75) is 11.8 Å². The molecule has 3 aromatic rings. The Hall–Kier alpha value is -4.18. The maximum Gasteiger partial charge on any atom is 0.339 e. The zero-order valence-electron chi connectivity index (χ0n) is 17.8. The third-order valence-electron chi connectivity index (χ3n) is 4.28. The number of carbonyl (C=O) groups is 2. The summed E-state index contributed by atoms with van der Waals surface area (Å²) in [6.45, 7) is 1.36. The summed E-state index contributed by atoms with van der Waals surface area (Å²) in [6, 6.07) is 18.3. The lowest BCUT2D eigenvalue weighted by Crippen LogP contribution is -2.17. The second-order valence-corrected chi connectivity index (χ2v) is 8.29. The van der Waals surface area contributed by atoms with Crippen LogP contribution in [0.4, 0.5) is 5.69 Å². The van der Waals surface area contributed by atoms with Crippen LogP contribution in [0, 0.1) is 0 Å². The van der Waals surface area contributed by atoms with Crippen LogP contribution in [0.15, 0.2) is 82.8 Å². The lowest BCUT2D eigenvalue weighted by Gasteiger charge is -2.08. The quantitative estimate of drug-likeness (QED) is 0.298. The highest BCUT2D eigenvalue weighted by Gasteiger charge is 2.16. The van der Waals surface area contributed by atoms with Gasteiger partial charge >= 0.3 is 10.1 Å². The number of anilines is 1. The minimum atomic E-state index is -4.05. The Labute approximate surface area is 191 Å². The van der Waals surface area contributed by atoms with Crippen molar-refractivity contribution in [3.8, 4) is 11.5 Å². The maximum absolute atomic E-state index is 12.5. The van der Waals surface area contributed by atoms with E-state index in [1.165, 1.54) is 56.6 Å². The van der Waals surface area contributed by atoms with Gasteiger partial charge in [-0.1, -0.05) is 0 Å². The molecule has 0 radical (unpaired) electrons. The van der Waals surface area contributed by atoms with E-state index in [4.69, 9.17) is 8.92 Å². The summed E-state index contributed by atoms with van der Waals surface area (Å²) in [7, 11) is -2.51. The lowest BCUT2D eigenvalue weighted by molar-refractivity contribution is -0.114. The van der Waals surface area contributed by atoms with Gasteiger partial charge in [0, 0.05) is 18.2 Å². The highest BCUT2D eigenvalue weighted by atomic mass is 32.2. The third kappa shape index (κ3) is 6.65. The van der Waals surface area contributed by atoms with E-state index in [0.717, 1.165) is 0 Å². The van der Waals surface area contributed by atoms with Crippen LogP contribution in [-0.4, -0.2) is 33.6 Å². The molecule has 0 unspecified atom stereocenters. The molecule has 3 rings (SSSR count). The number of methoxy groups -OCH3 is 1. The molecule has 0 bridgehead atoms. The fourth-order valence-electron chi connectivity index (χ4n) is 2.66. The summed E-state index contributed by atoms with van der Waals surface area (Å²) in [5.74, 6) is 0.108. The van der Waals surface area contributed by atoms with Crippen molar-refractivity contribution in [1.29, 1.82) is 0 Å². The third-order valence-corrected chi connectivity index (χ3v) is 5.54. The summed E-state index contributed by atoms with van der Waals surface area (Å²) in [4.78, 5) is 23.1. The molecule has 0 fully saturated rings. The van der Waals surface area contributed by atoms with Crippen LogP contribution in [0.5, 0.6) is 11.5 Å². The van der Waals surface area contributed by atoms with Crippen LogP contribution in [0.1, 0.15) is 22.8 Å². The molecule has 0 atom stereocenters. The molecule has 9 nitrogen and oxygen atoms in total. The van der Waals surface area contributed by atoms with Gasteiger partial charge in [0.25, 0.3) is 5.91 Å². The number of hydrogen-bond acceptors (Lipinski definition) is 7. The monoisotopic (exact) mass is 467 g/mol. The molecule has 0 saturated heterocycles. The molecule has 2 amide bonds. The van der Waals surface area contributed by atoms with E-state index in [1.54, 1.807) is 36.4 Å². The van der Waals surface area contributed by atoms with Gasteiger partial charge in [-0.3, -0.25) is 9.59 Å². The van der Waals surface area contributed by atoms with Crippen molar-refractivity contribution in [2.75, 3.05) is 12.4 Å². The molecule has 0 aliphatic carbocycles. The first-order valence-corrected chi connectivity index (χ1v) is 11.1. The van der Waals surface area contributed by atoms with Crippen LogP contribution in [0.25, 0.3) is 0 Å². The van der Waals surface area contributed by atoms with E-state index in [-0.39, 0.29) is 22.5 Å². The summed E-state index contributed by atoms with van der Waals surface area (Å²) >= 11 is 0. The van der Waals surface area contributed by atoms with Gasteiger partial charge in [0.1, 0.15) is 16.4 Å². The van der Waals surface area contributed by atoms with Crippen molar-refractivity contribution in [3.63, 3.8) is 0 Å². The van der Waals surface area contributed by atoms with Gasteiger partial charge < -0.3 is 14.2 Å². The maximum atomic E-state index is 12.5. The number of ether oxygens (including phenoxy) is 1. The minimum Gasteiger partial charge on any atom is -0.497 e. The molecule has 170 valence electrons. The molecule has 33 heavy (non-hydrogen) atoms. The Balaban J connectivity index is 1.58. The molecule has 0 spiro atoms. The van der Waals surface area contributed by atoms with Crippen molar-refractivity contribution < 1.29 is 26.9 Å². The van der Waals surface area contributed by atoms with Gasteiger partial charge in [-0.15, -0.1) is 0 Å². The van der Waals surface area contributed by atoms with Crippen LogP contribution < -0.4 is 19.7 Å². The van der Waals surface area contributed by atoms with Gasteiger partial charge in [0.15, 0.2) is 0 Å². The Morgan fingerprint density at radius 2 is 1.48 bits per heavy atom. The molecular weight excluding hydrogens is 446 g/mol. The Morgan fingerprint density at radius 1 is 0.879 bits per heavy atom. The van der Waals surface area contributed by atoms with E-state index >= 15 is 0 Å². The molecule has 0 heterocycles. The molecule has 0 aromatic heterocycles. The normalized spacial score (nSPS) is 11.1. The van der Waals surface area contributed by atoms with E-state index in [1.807, 2.05) is 0 Å². The summed E-state index contributed by atoms with van der Waals surface area (Å²) in [6.07, 6.45) is 1.42. The smallest absolute Gasteiger partial charge is 0.339 e. The van der Waals surface area contributed by atoms with Gasteiger partial charge in [0.05, 0.1) is 13.3 Å². The highest BCUT2D eigenvalue weighted by Crippen LogP contribution is 2.20. The fourth-order valence-corrected chi connectivity index (χ4v) is 3.59. The van der Waals surface area contributed by atoms with Crippen molar-refractivity contribution in [1.82, 2.24) is 5.43 Å². The number of hydrogen-bond donors (Lipinski definition) is 2. The number of rotatable bonds is 8. The van der Waals surface area contributed by atoms with E-state index in [2.05, 4.69) is 15.8 Å². The Bertz CT molecular complexity index is 1250. The number of hydrazone groups is 1. The van der Waals surface area contributed by atoms with Crippen LogP contribution in [0.3, 0.4) is 0 Å². The minimum absolute atomic E-state index is 0.0523. The van der Waals surface area contributed by atoms with Gasteiger partial charge in [-0.05, 0) is 78.4 Å². The second-order valence-electron chi connectivity index (χ2n) is 6.74. The second kappa shape index (κ2) is 10.4. The topological polar surface area (TPSA) is 123 Å². The van der Waals surface area contributed by atoms with E-state index in [9.17, 15) is 18.0 Å². The highest BCUT2D eigenvalue weighted by molar-refractivity contribution is 7.87. The number of amides is 2. The van der Waals surface area contributed by atoms with Crippen LogP contribution >= 0.6 is 0 Å². The standard InChI is InChI=1S/C23H21N3O6S/c1-16(27)25-19-7-13-22(14-8-19)33(29,30)32-21-9-3-17(4-10-21)15-24-26-23(28)18-5-11-20(31-2)12-6-18/h3-15H,1-2H3,(H,25,27)(H,26,28). The Kier molecular flexibility index (Phi) is 7.42. The van der Waals surface area contributed by atoms with E-state index < -0.39 is 10.1 Å². The van der Waals surface area contributed by atoms with Gasteiger partial charge in [-0.25, -0.2) is 5.43 Å². The molecule has 3 aromatic carbocycles. The number of benzene rings is 3. The predicted molar refractivity (Wildman–Crippen MR) is 123 cm³/mol. The molecule has 0 aliphatic rings. The van der Waals surface area contributed by atoms with Crippen molar-refractivity contribution in [2.24, 2.45) is 5.10 Å². The predicted octanol–water partition coefficient (Wildman–Crippen LogP) is 3.19. The molecule has 0 saturated carbocycles. The largest absolute Gasteiger partial charge is 0.497 e. The Morgan fingerprint density at radius 3 is 2.06 bits per heavy atom. The van der Waals surface area contributed by atoms with Gasteiger partial charge in [-0.2, -0.15) is 13.5 Å². The van der Waals surface area contributed by atoms with Crippen LogP contribution in [-0.2, 0) is 14.9 Å². The lowest BCUT2D eigenvalue weighted by atomic mass is 10.2. The zero-order valence-corrected chi connectivity index (χ0v) is 18.6. The van der Waals surface area contributed by atoms with Gasteiger partial charge in [0.2, 0.25) is 5.91 Å². The first-order valence-electron chi connectivity index (χ1n) is 9.66. The zero-order chi connectivity index (χ0) is 23.8. The molecule has 0 aliphatic heterocycles. The molecule has 2 N–H and O–H groups in total. The average molecular weight is 468 g/mol. The average Bonchev–Trinajstić information content (AvgIpc) is 2.80. The summed E-state index contributed by atoms with van der Waals surface area (Å²) in [5, 5.41) is 6.45. The van der Waals surface area contributed by atoms with Crippen LogP contribution in [0.2, 0.25) is 0 Å². The molecule has 10 heteroatoms. The number of carbonyl (C=O) groups excluding carboxylic acids is 2. The number of nitrogens with zero attached hydrogens (tertiary/aromatic N) is 1. The SMILES string of the molecule is COc1ccc(C(=O)NN=Cc2ccc(OS(=O)(=O)c3ccc(NC(C)=O)cc3)cc2)cc1. The fraction of sp³-hybridized carbons (Fsp3) is 0.0870. The van der Waals surface area contributed by atoms with Crippen molar-refractivity contribution in [3.05, 3.63) is 83.9 Å².